The lowest BCUT2D eigenvalue weighted by atomic mass is 10.0. The highest BCUT2D eigenvalue weighted by molar-refractivity contribution is 5.75. The average molecular weight is 532 g/mol. The number of carbonyl (C=O) groups is 1. The van der Waals surface area contributed by atoms with E-state index in [4.69, 9.17) is 9.72 Å². The van der Waals surface area contributed by atoms with Crippen LogP contribution in [0.3, 0.4) is 0 Å². The topological polar surface area (TPSA) is 71.8 Å². The van der Waals surface area contributed by atoms with Gasteiger partial charge in [0.1, 0.15) is 17.1 Å². The number of ether oxygens (including phenoxy) is 1. The summed E-state index contributed by atoms with van der Waals surface area (Å²) in [4.78, 5) is 24.4. The van der Waals surface area contributed by atoms with Crippen LogP contribution < -0.4 is 10.1 Å². The predicted octanol–water partition coefficient (Wildman–Crippen LogP) is 6.72. The van der Waals surface area contributed by atoms with E-state index in [0.29, 0.717) is 30.1 Å². The van der Waals surface area contributed by atoms with E-state index >= 15 is 0 Å². The van der Waals surface area contributed by atoms with Crippen LogP contribution >= 0.6 is 0 Å². The van der Waals surface area contributed by atoms with Crippen molar-refractivity contribution in [1.29, 1.82) is 0 Å². The van der Waals surface area contributed by atoms with E-state index in [1.807, 2.05) is 42.8 Å². The minimum Gasteiger partial charge on any atom is -0.494 e. The number of hydrogen-bond acceptors (Lipinski definition) is 4. The van der Waals surface area contributed by atoms with Crippen molar-refractivity contribution in [2.75, 3.05) is 13.7 Å². The fourth-order valence-electron chi connectivity index (χ4n) is 5.18. The third-order valence-electron chi connectivity index (χ3n) is 7.29. The molecule has 38 heavy (non-hydrogen) atoms. The molecule has 1 N–H and O–H groups in total. The highest BCUT2D eigenvalue weighted by atomic mass is 19.4. The smallest absolute Gasteiger partial charge is 0.389 e. The zero-order chi connectivity index (χ0) is 27.3. The number of halogens is 3. The van der Waals surface area contributed by atoms with Gasteiger partial charge in [-0.05, 0) is 63.3 Å². The molecule has 3 aromatic rings. The van der Waals surface area contributed by atoms with Gasteiger partial charge in [-0.2, -0.15) is 13.2 Å². The number of alkyl halides is 3. The third kappa shape index (κ3) is 6.57. The van der Waals surface area contributed by atoms with Gasteiger partial charge in [0.15, 0.2) is 0 Å². The number of amides is 2. The van der Waals surface area contributed by atoms with Crippen LogP contribution in [-0.2, 0) is 6.42 Å². The highest BCUT2D eigenvalue weighted by Gasteiger charge is 2.30. The van der Waals surface area contributed by atoms with Crippen molar-refractivity contribution in [3.63, 3.8) is 0 Å². The number of aryl methyl sites for hydroxylation is 1. The summed E-state index contributed by atoms with van der Waals surface area (Å²) in [6.07, 6.45) is 5.20. The molecule has 0 aromatic carbocycles. The van der Waals surface area contributed by atoms with Gasteiger partial charge in [0.2, 0.25) is 0 Å². The first-order chi connectivity index (χ1) is 18.2. The number of aromatic nitrogens is 3. The summed E-state index contributed by atoms with van der Waals surface area (Å²) in [5.74, 6) is 0.615. The fraction of sp³-hybridized carbons (Fsp3) is 0.536. The maximum absolute atomic E-state index is 13.3. The van der Waals surface area contributed by atoms with Crippen molar-refractivity contribution in [3.05, 3.63) is 48.0 Å². The van der Waals surface area contributed by atoms with Crippen molar-refractivity contribution < 1.29 is 22.7 Å². The van der Waals surface area contributed by atoms with Crippen LogP contribution in [-0.4, -0.2) is 51.2 Å². The van der Waals surface area contributed by atoms with Crippen LogP contribution in [0.5, 0.6) is 5.75 Å². The summed E-state index contributed by atoms with van der Waals surface area (Å²) in [5, 5.41) is 2.89. The average Bonchev–Trinajstić information content (AvgIpc) is 3.37. The van der Waals surface area contributed by atoms with E-state index in [-0.39, 0.29) is 12.5 Å². The van der Waals surface area contributed by atoms with E-state index in [2.05, 4.69) is 16.4 Å². The van der Waals surface area contributed by atoms with Gasteiger partial charge < -0.3 is 19.4 Å². The summed E-state index contributed by atoms with van der Waals surface area (Å²) < 4.78 is 46.6. The molecular formula is C28H36F3N5O2. The van der Waals surface area contributed by atoms with Crippen molar-refractivity contribution in [2.24, 2.45) is 0 Å². The van der Waals surface area contributed by atoms with Gasteiger partial charge in [0.05, 0.1) is 18.8 Å². The molecule has 1 aliphatic heterocycles. The quantitative estimate of drug-likeness (QED) is 0.406. The van der Waals surface area contributed by atoms with Gasteiger partial charge in [-0.1, -0.05) is 19.3 Å². The lowest BCUT2D eigenvalue weighted by Crippen LogP contribution is -2.46. The lowest BCUT2D eigenvalue weighted by molar-refractivity contribution is -0.136. The second kappa shape index (κ2) is 12.0. The first kappa shape index (κ1) is 27.7. The van der Waals surface area contributed by atoms with Gasteiger partial charge in [-0.3, -0.25) is 0 Å². The number of carbonyl (C=O) groups excluding carboxylic acids is 1. The van der Waals surface area contributed by atoms with E-state index in [1.54, 1.807) is 18.2 Å². The number of nitrogens with zero attached hydrogens (tertiary/aromatic N) is 4. The molecule has 206 valence electrons. The Morgan fingerprint density at radius 2 is 1.97 bits per heavy atom. The molecule has 2 amide bonds. The number of urea groups is 1. The molecule has 0 fully saturated rings. The summed E-state index contributed by atoms with van der Waals surface area (Å²) in [5.41, 5.74) is 4.22. The normalized spacial score (nSPS) is 19.7. The Morgan fingerprint density at radius 3 is 2.71 bits per heavy atom. The molecule has 4 bridgehead atoms. The SMILES string of the molecule is CCN1C(=O)N[C@@H](CCC(F)(F)F)CCCCCCc2cc(cn3ccnc23)-c2nc(ccc2OC)[C@H]1C. The number of rotatable bonds is 4. The zero-order valence-electron chi connectivity index (χ0n) is 22.2. The summed E-state index contributed by atoms with van der Waals surface area (Å²) in [6, 6.07) is 4.46. The number of hydrogen-bond donors (Lipinski definition) is 1. The molecule has 0 saturated heterocycles. The second-order valence-corrected chi connectivity index (χ2v) is 9.91. The summed E-state index contributed by atoms with van der Waals surface area (Å²) in [6.45, 7) is 4.12. The Morgan fingerprint density at radius 1 is 1.18 bits per heavy atom. The molecule has 10 heteroatoms. The Balaban J connectivity index is 1.72. The van der Waals surface area contributed by atoms with Crippen LogP contribution in [0.2, 0.25) is 0 Å². The van der Waals surface area contributed by atoms with E-state index in [1.165, 1.54) is 0 Å². The lowest BCUT2D eigenvalue weighted by Gasteiger charge is -2.31. The Bertz CT molecular complexity index is 1240. The number of pyridine rings is 2. The van der Waals surface area contributed by atoms with E-state index in [0.717, 1.165) is 48.9 Å². The standard InChI is InChI=1S/C28H36F3N5O2/c1-4-36-19(2)23-11-12-24(38-3)25(34-23)21-17-20(26-32-15-16-35(26)18-21)9-7-5-6-8-10-22(33-27(36)37)13-14-28(29,30)31/h11-12,15-19,22H,4-10,13-14H2,1-3H3,(H,33,37)/t19-,22-/m1/s1. The Kier molecular flexibility index (Phi) is 8.79. The molecule has 7 nitrogen and oxygen atoms in total. The van der Waals surface area contributed by atoms with Crippen LogP contribution in [0.15, 0.2) is 36.8 Å². The van der Waals surface area contributed by atoms with Gasteiger partial charge in [0.25, 0.3) is 0 Å². The van der Waals surface area contributed by atoms with Crippen LogP contribution in [0, 0.1) is 0 Å². The molecule has 0 unspecified atom stereocenters. The molecule has 0 radical (unpaired) electrons. The highest BCUT2D eigenvalue weighted by Crippen LogP contribution is 2.33. The van der Waals surface area contributed by atoms with Gasteiger partial charge in [0, 0.05) is 43.2 Å². The maximum atomic E-state index is 13.3. The van der Waals surface area contributed by atoms with Crippen molar-refractivity contribution in [2.45, 2.75) is 83.5 Å². The van der Waals surface area contributed by atoms with Crippen LogP contribution in [0.25, 0.3) is 16.9 Å². The Hall–Kier alpha value is -3.30. The minimum atomic E-state index is -4.26. The van der Waals surface area contributed by atoms with Crippen molar-refractivity contribution in [1.82, 2.24) is 24.6 Å². The number of methoxy groups -OCH3 is 1. The molecule has 3 aromatic heterocycles. The van der Waals surface area contributed by atoms with Gasteiger partial charge >= 0.3 is 12.2 Å². The molecule has 2 atom stereocenters. The number of nitrogens with one attached hydrogen (secondary N) is 1. The predicted molar refractivity (Wildman–Crippen MR) is 140 cm³/mol. The molecule has 4 rings (SSSR count). The van der Waals surface area contributed by atoms with Crippen LogP contribution in [0.1, 0.15) is 76.1 Å². The Labute approximate surface area is 221 Å². The number of imidazole rings is 1. The molecular weight excluding hydrogens is 495 g/mol. The van der Waals surface area contributed by atoms with Crippen molar-refractivity contribution in [3.8, 4) is 17.0 Å². The molecule has 0 aliphatic carbocycles. The zero-order valence-corrected chi connectivity index (χ0v) is 22.2. The first-order valence-electron chi connectivity index (χ1n) is 13.3. The molecule has 4 heterocycles. The van der Waals surface area contributed by atoms with Crippen LogP contribution in [0.4, 0.5) is 18.0 Å². The minimum absolute atomic E-state index is 0.129. The first-order valence-corrected chi connectivity index (χ1v) is 13.3. The monoisotopic (exact) mass is 531 g/mol. The van der Waals surface area contributed by atoms with Gasteiger partial charge in [-0.15, -0.1) is 0 Å². The van der Waals surface area contributed by atoms with Gasteiger partial charge in [-0.25, -0.2) is 14.8 Å². The van der Waals surface area contributed by atoms with Crippen molar-refractivity contribution >= 4 is 11.7 Å². The number of fused-ring (bicyclic) bond motifs is 7. The summed E-state index contributed by atoms with van der Waals surface area (Å²) >= 11 is 0. The second-order valence-electron chi connectivity index (χ2n) is 9.91. The molecule has 0 spiro atoms. The largest absolute Gasteiger partial charge is 0.494 e. The molecule has 0 saturated carbocycles. The maximum Gasteiger partial charge on any atom is 0.389 e. The molecule has 1 aliphatic rings. The third-order valence-corrected chi connectivity index (χ3v) is 7.29. The van der Waals surface area contributed by atoms with E-state index < -0.39 is 24.7 Å². The van der Waals surface area contributed by atoms with E-state index in [9.17, 15) is 18.0 Å². The fourth-order valence-corrected chi connectivity index (χ4v) is 5.18. The summed E-state index contributed by atoms with van der Waals surface area (Å²) in [7, 11) is 1.60.